The Balaban J connectivity index is 1.78. The fourth-order valence-electron chi connectivity index (χ4n) is 2.36. The smallest absolute Gasteiger partial charge is 0.230 e. The zero-order valence-electron chi connectivity index (χ0n) is 10.2. The van der Waals surface area contributed by atoms with Gasteiger partial charge in [-0.25, -0.2) is 0 Å². The Labute approximate surface area is 101 Å². The number of carbonyl (C=O) groups is 1. The molecule has 0 saturated heterocycles. The minimum absolute atomic E-state index is 0.0307. The molecule has 0 aromatic heterocycles. The van der Waals surface area contributed by atoms with E-state index in [-0.39, 0.29) is 11.7 Å². The Morgan fingerprint density at radius 1 is 1.41 bits per heavy atom. The van der Waals surface area contributed by atoms with Crippen molar-refractivity contribution in [2.24, 2.45) is 34.6 Å². The van der Waals surface area contributed by atoms with Crippen molar-refractivity contribution in [2.45, 2.75) is 32.6 Å². The van der Waals surface area contributed by atoms with Gasteiger partial charge in [0.2, 0.25) is 5.91 Å². The van der Waals surface area contributed by atoms with Gasteiger partial charge in [-0.1, -0.05) is 5.16 Å². The highest BCUT2D eigenvalue weighted by Crippen LogP contribution is 2.48. The Morgan fingerprint density at radius 2 is 1.94 bits per heavy atom. The molecule has 0 aromatic carbocycles. The lowest BCUT2D eigenvalue weighted by Crippen LogP contribution is -2.40. The topological polar surface area (TPSA) is 87.7 Å². The molecule has 0 heterocycles. The van der Waals surface area contributed by atoms with Crippen LogP contribution in [0.3, 0.4) is 0 Å². The van der Waals surface area contributed by atoms with E-state index in [1.807, 2.05) is 0 Å². The zero-order chi connectivity index (χ0) is 12.4. The molecule has 1 amide bonds. The molecule has 5 nitrogen and oxygen atoms in total. The maximum atomic E-state index is 11.8. The summed E-state index contributed by atoms with van der Waals surface area (Å²) in [6.07, 6.45) is 5.25. The lowest BCUT2D eigenvalue weighted by atomic mass is 9.97. The number of carbonyl (C=O) groups excluding carboxylic acids is 1. The minimum atomic E-state index is -0.556. The Morgan fingerprint density at radius 3 is 2.35 bits per heavy atom. The normalized spacial score (nSPS) is 22.6. The van der Waals surface area contributed by atoms with E-state index in [2.05, 4.69) is 10.5 Å². The molecule has 96 valence electrons. The monoisotopic (exact) mass is 239 g/mol. The summed E-state index contributed by atoms with van der Waals surface area (Å²) in [5, 5.41) is 14.3. The quantitative estimate of drug-likeness (QED) is 0.279. The number of nitrogens with two attached hydrogens (primary N) is 1. The van der Waals surface area contributed by atoms with Gasteiger partial charge in [-0.2, -0.15) is 0 Å². The number of nitrogens with one attached hydrogen (secondary N) is 1. The molecule has 1 atom stereocenters. The molecule has 4 N–H and O–H groups in total. The predicted molar refractivity (Wildman–Crippen MR) is 64.5 cm³/mol. The van der Waals surface area contributed by atoms with Crippen LogP contribution >= 0.6 is 0 Å². The summed E-state index contributed by atoms with van der Waals surface area (Å²) < 4.78 is 0. The fourth-order valence-corrected chi connectivity index (χ4v) is 2.36. The molecule has 5 heteroatoms. The van der Waals surface area contributed by atoms with Crippen molar-refractivity contribution in [3.8, 4) is 0 Å². The lowest BCUT2D eigenvalue weighted by molar-refractivity contribution is -0.122. The van der Waals surface area contributed by atoms with Crippen LogP contribution in [0, 0.1) is 23.7 Å². The van der Waals surface area contributed by atoms with Gasteiger partial charge in [-0.3, -0.25) is 4.79 Å². The summed E-state index contributed by atoms with van der Waals surface area (Å²) in [6, 6.07) is 0. The molecule has 2 aliphatic carbocycles. The van der Waals surface area contributed by atoms with Gasteiger partial charge in [-0.15, -0.1) is 0 Å². The highest BCUT2D eigenvalue weighted by Gasteiger charge is 2.41. The molecular formula is C12H21N3O2. The summed E-state index contributed by atoms with van der Waals surface area (Å²) in [6.45, 7) is 2.39. The second kappa shape index (κ2) is 4.94. The van der Waals surface area contributed by atoms with E-state index in [0.717, 1.165) is 18.4 Å². The van der Waals surface area contributed by atoms with Gasteiger partial charge in [0.15, 0.2) is 5.84 Å². The van der Waals surface area contributed by atoms with Crippen LogP contribution in [-0.4, -0.2) is 23.5 Å². The van der Waals surface area contributed by atoms with E-state index < -0.39 is 5.92 Å². The molecular weight excluding hydrogens is 218 g/mol. The number of hydrogen-bond donors (Lipinski definition) is 3. The number of amidine groups is 1. The van der Waals surface area contributed by atoms with Crippen molar-refractivity contribution >= 4 is 11.7 Å². The van der Waals surface area contributed by atoms with Gasteiger partial charge in [0.05, 0.1) is 5.92 Å². The van der Waals surface area contributed by atoms with E-state index in [1.54, 1.807) is 6.92 Å². The van der Waals surface area contributed by atoms with Crippen LogP contribution in [0.4, 0.5) is 0 Å². The average Bonchev–Trinajstić information content (AvgIpc) is 3.17. The summed E-state index contributed by atoms with van der Waals surface area (Å²) in [5.74, 6) is 1.56. The number of nitrogens with zero attached hydrogens (tertiary/aromatic N) is 1. The first-order chi connectivity index (χ1) is 8.13. The predicted octanol–water partition coefficient (Wildman–Crippen LogP) is 0.921. The van der Waals surface area contributed by atoms with Crippen LogP contribution in [0.5, 0.6) is 0 Å². The van der Waals surface area contributed by atoms with Gasteiger partial charge in [0.1, 0.15) is 0 Å². The van der Waals surface area contributed by atoms with Crippen LogP contribution in [-0.2, 0) is 4.79 Å². The highest BCUT2D eigenvalue weighted by atomic mass is 16.4. The standard InChI is InChI=1S/C12H21N3O2/c1-7(11(13)15-17)12(16)14-6-10(8-2-3-8)9-4-5-9/h7-10,17H,2-6H2,1H3,(H2,13,15)(H,14,16). The third-order valence-corrected chi connectivity index (χ3v) is 3.92. The summed E-state index contributed by atoms with van der Waals surface area (Å²) in [4.78, 5) is 11.8. The molecule has 2 rings (SSSR count). The number of rotatable bonds is 6. The van der Waals surface area contributed by atoms with Crippen molar-refractivity contribution in [1.29, 1.82) is 0 Å². The molecule has 2 fully saturated rings. The van der Waals surface area contributed by atoms with E-state index >= 15 is 0 Å². The molecule has 17 heavy (non-hydrogen) atoms. The third kappa shape index (κ3) is 3.11. The van der Waals surface area contributed by atoms with Crippen LogP contribution in [0.1, 0.15) is 32.6 Å². The Bertz CT molecular complexity index is 310. The van der Waals surface area contributed by atoms with Gasteiger partial charge >= 0.3 is 0 Å². The van der Waals surface area contributed by atoms with E-state index in [4.69, 9.17) is 10.9 Å². The lowest BCUT2D eigenvalue weighted by Gasteiger charge is -2.18. The molecule has 0 spiro atoms. The van der Waals surface area contributed by atoms with Crippen molar-refractivity contribution in [3.05, 3.63) is 0 Å². The minimum Gasteiger partial charge on any atom is -0.409 e. The van der Waals surface area contributed by atoms with Gasteiger partial charge < -0.3 is 16.3 Å². The second-order valence-electron chi connectivity index (χ2n) is 5.33. The summed E-state index contributed by atoms with van der Waals surface area (Å²) in [5.41, 5.74) is 5.41. The summed E-state index contributed by atoms with van der Waals surface area (Å²) in [7, 11) is 0. The first-order valence-corrected chi connectivity index (χ1v) is 6.38. The largest absolute Gasteiger partial charge is 0.409 e. The second-order valence-corrected chi connectivity index (χ2v) is 5.33. The first-order valence-electron chi connectivity index (χ1n) is 6.38. The fraction of sp³-hybridized carbons (Fsp3) is 0.833. The van der Waals surface area contributed by atoms with Crippen molar-refractivity contribution < 1.29 is 10.0 Å². The molecule has 0 aromatic rings. The van der Waals surface area contributed by atoms with E-state index in [1.165, 1.54) is 25.7 Å². The molecule has 0 aliphatic heterocycles. The SMILES string of the molecule is CC(C(=O)NCC(C1CC1)C1CC1)C(N)=NO. The maximum Gasteiger partial charge on any atom is 0.230 e. The number of hydrogen-bond acceptors (Lipinski definition) is 3. The Kier molecular flexibility index (Phi) is 3.54. The van der Waals surface area contributed by atoms with Gasteiger partial charge in [-0.05, 0) is 50.4 Å². The molecule has 2 aliphatic rings. The third-order valence-electron chi connectivity index (χ3n) is 3.92. The molecule has 2 saturated carbocycles. The highest BCUT2D eigenvalue weighted by molar-refractivity contribution is 6.01. The molecule has 0 radical (unpaired) electrons. The number of amides is 1. The van der Waals surface area contributed by atoms with Crippen LogP contribution < -0.4 is 11.1 Å². The van der Waals surface area contributed by atoms with Gasteiger partial charge in [0, 0.05) is 6.54 Å². The van der Waals surface area contributed by atoms with Gasteiger partial charge in [0.25, 0.3) is 0 Å². The summed E-state index contributed by atoms with van der Waals surface area (Å²) >= 11 is 0. The first kappa shape index (κ1) is 12.2. The average molecular weight is 239 g/mol. The van der Waals surface area contributed by atoms with E-state index in [0.29, 0.717) is 5.92 Å². The van der Waals surface area contributed by atoms with Crippen LogP contribution in [0.15, 0.2) is 5.16 Å². The van der Waals surface area contributed by atoms with Crippen molar-refractivity contribution in [1.82, 2.24) is 5.32 Å². The molecule has 1 unspecified atom stereocenters. The molecule has 0 bridgehead atoms. The zero-order valence-corrected chi connectivity index (χ0v) is 10.2. The van der Waals surface area contributed by atoms with E-state index in [9.17, 15) is 4.79 Å². The number of oxime groups is 1. The Hall–Kier alpha value is -1.26. The van der Waals surface area contributed by atoms with Crippen molar-refractivity contribution in [3.63, 3.8) is 0 Å². The van der Waals surface area contributed by atoms with Crippen molar-refractivity contribution in [2.75, 3.05) is 6.54 Å². The van der Waals surface area contributed by atoms with Crippen LogP contribution in [0.2, 0.25) is 0 Å². The maximum absolute atomic E-state index is 11.8. The van der Waals surface area contributed by atoms with Crippen LogP contribution in [0.25, 0.3) is 0 Å².